The van der Waals surface area contributed by atoms with Crippen molar-refractivity contribution in [1.29, 1.82) is 5.26 Å². The van der Waals surface area contributed by atoms with E-state index < -0.39 is 5.41 Å². The van der Waals surface area contributed by atoms with Crippen LogP contribution in [-0.4, -0.2) is 13.0 Å². The number of carbonyl (C=O) groups is 1. The van der Waals surface area contributed by atoms with Gasteiger partial charge < -0.3 is 10.1 Å². The van der Waals surface area contributed by atoms with Gasteiger partial charge in [-0.1, -0.05) is 20.8 Å². The molecule has 4 heteroatoms. The molecule has 1 aromatic rings. The summed E-state index contributed by atoms with van der Waals surface area (Å²) in [4.78, 5) is 11.8. The molecule has 0 radical (unpaired) electrons. The molecule has 0 atom stereocenters. The van der Waals surface area contributed by atoms with E-state index in [1.54, 1.807) is 18.2 Å². The van der Waals surface area contributed by atoms with E-state index in [0.29, 0.717) is 17.0 Å². The molecule has 1 amide bonds. The first-order chi connectivity index (χ1) is 7.88. The molecule has 0 aliphatic rings. The zero-order valence-corrected chi connectivity index (χ0v) is 10.5. The molecule has 0 aliphatic carbocycles. The highest BCUT2D eigenvalue weighted by atomic mass is 16.5. The number of hydrogen-bond donors (Lipinski definition) is 1. The van der Waals surface area contributed by atoms with Crippen LogP contribution < -0.4 is 10.1 Å². The van der Waals surface area contributed by atoms with Crippen LogP contribution in [0.3, 0.4) is 0 Å². The Morgan fingerprint density at radius 2 is 2.06 bits per heavy atom. The van der Waals surface area contributed by atoms with Crippen LogP contribution in [-0.2, 0) is 4.79 Å². The number of anilines is 1. The van der Waals surface area contributed by atoms with Gasteiger partial charge in [0, 0.05) is 11.1 Å². The number of hydrogen-bond acceptors (Lipinski definition) is 3. The van der Waals surface area contributed by atoms with Crippen LogP contribution >= 0.6 is 0 Å². The van der Waals surface area contributed by atoms with E-state index in [-0.39, 0.29) is 5.91 Å². The van der Waals surface area contributed by atoms with Gasteiger partial charge in [-0.15, -0.1) is 0 Å². The molecule has 0 spiro atoms. The first-order valence-electron chi connectivity index (χ1n) is 5.28. The van der Waals surface area contributed by atoms with Crippen molar-refractivity contribution in [2.75, 3.05) is 12.4 Å². The molecule has 0 aromatic heterocycles. The monoisotopic (exact) mass is 232 g/mol. The van der Waals surface area contributed by atoms with Gasteiger partial charge in [-0.05, 0) is 18.2 Å². The third kappa shape index (κ3) is 3.22. The minimum absolute atomic E-state index is 0.0912. The SMILES string of the molecule is COc1ccc(NC(=O)C(C)(C)C)cc1C#N. The highest BCUT2D eigenvalue weighted by Crippen LogP contribution is 2.23. The van der Waals surface area contributed by atoms with E-state index in [4.69, 9.17) is 10.00 Å². The number of nitrogens with one attached hydrogen (secondary N) is 1. The van der Waals surface area contributed by atoms with Crippen molar-refractivity contribution in [3.05, 3.63) is 23.8 Å². The van der Waals surface area contributed by atoms with Crippen molar-refractivity contribution in [2.24, 2.45) is 5.41 Å². The molecule has 1 N–H and O–H groups in total. The Bertz CT molecular complexity index is 467. The van der Waals surface area contributed by atoms with Crippen LogP contribution in [0.25, 0.3) is 0 Å². The second-order valence-corrected chi connectivity index (χ2v) is 4.73. The maximum absolute atomic E-state index is 11.8. The van der Waals surface area contributed by atoms with Crippen LogP contribution in [0.4, 0.5) is 5.69 Å². The summed E-state index contributed by atoms with van der Waals surface area (Å²) in [6.45, 7) is 5.49. The van der Waals surface area contributed by atoms with Crippen LogP contribution in [0.15, 0.2) is 18.2 Å². The molecular weight excluding hydrogens is 216 g/mol. The fourth-order valence-electron chi connectivity index (χ4n) is 1.19. The predicted molar refractivity (Wildman–Crippen MR) is 65.8 cm³/mol. The van der Waals surface area contributed by atoms with Gasteiger partial charge >= 0.3 is 0 Å². The zero-order chi connectivity index (χ0) is 13.1. The Balaban J connectivity index is 2.95. The second kappa shape index (κ2) is 4.88. The lowest BCUT2D eigenvalue weighted by Gasteiger charge is -2.18. The molecule has 4 nitrogen and oxygen atoms in total. The molecule has 17 heavy (non-hydrogen) atoms. The van der Waals surface area contributed by atoms with Crippen molar-refractivity contribution >= 4 is 11.6 Å². The molecule has 0 unspecified atom stereocenters. The van der Waals surface area contributed by atoms with E-state index in [2.05, 4.69) is 5.32 Å². The van der Waals surface area contributed by atoms with Gasteiger partial charge in [0.05, 0.1) is 12.7 Å². The van der Waals surface area contributed by atoms with Crippen molar-refractivity contribution in [1.82, 2.24) is 0 Å². The van der Waals surface area contributed by atoms with E-state index in [0.717, 1.165) is 0 Å². The van der Waals surface area contributed by atoms with Gasteiger partial charge in [0.1, 0.15) is 11.8 Å². The van der Waals surface area contributed by atoms with Crippen molar-refractivity contribution < 1.29 is 9.53 Å². The average molecular weight is 232 g/mol. The Labute approximate surface area is 101 Å². The number of amides is 1. The smallest absolute Gasteiger partial charge is 0.229 e. The van der Waals surface area contributed by atoms with E-state index >= 15 is 0 Å². The van der Waals surface area contributed by atoms with Crippen molar-refractivity contribution in [3.8, 4) is 11.8 Å². The van der Waals surface area contributed by atoms with Gasteiger partial charge in [-0.25, -0.2) is 0 Å². The molecule has 90 valence electrons. The third-order valence-electron chi connectivity index (χ3n) is 2.26. The molecule has 1 aromatic carbocycles. The minimum Gasteiger partial charge on any atom is -0.495 e. The number of rotatable bonds is 2. The Morgan fingerprint density at radius 1 is 1.41 bits per heavy atom. The predicted octanol–water partition coefficient (Wildman–Crippen LogP) is 2.55. The minimum atomic E-state index is -0.466. The topological polar surface area (TPSA) is 62.1 Å². The van der Waals surface area contributed by atoms with Crippen LogP contribution in [0.2, 0.25) is 0 Å². The highest BCUT2D eigenvalue weighted by molar-refractivity contribution is 5.94. The molecule has 0 saturated heterocycles. The van der Waals surface area contributed by atoms with Crippen LogP contribution in [0.1, 0.15) is 26.3 Å². The molecule has 0 bridgehead atoms. The largest absolute Gasteiger partial charge is 0.495 e. The fourth-order valence-corrected chi connectivity index (χ4v) is 1.19. The number of nitriles is 1. The lowest BCUT2D eigenvalue weighted by molar-refractivity contribution is -0.123. The van der Waals surface area contributed by atoms with Crippen molar-refractivity contribution in [3.63, 3.8) is 0 Å². The Kier molecular flexibility index (Phi) is 3.74. The Hall–Kier alpha value is -2.02. The number of methoxy groups -OCH3 is 1. The number of benzene rings is 1. The summed E-state index contributed by atoms with van der Waals surface area (Å²) in [5.74, 6) is 0.410. The van der Waals surface area contributed by atoms with Gasteiger partial charge in [0.15, 0.2) is 0 Å². The van der Waals surface area contributed by atoms with Crippen molar-refractivity contribution in [2.45, 2.75) is 20.8 Å². The highest BCUT2D eigenvalue weighted by Gasteiger charge is 2.21. The summed E-state index contributed by atoms with van der Waals surface area (Å²) >= 11 is 0. The first kappa shape index (κ1) is 13.0. The summed E-state index contributed by atoms with van der Waals surface area (Å²) in [5.41, 5.74) is 0.536. The zero-order valence-electron chi connectivity index (χ0n) is 10.5. The maximum atomic E-state index is 11.8. The summed E-state index contributed by atoms with van der Waals surface area (Å²) in [5, 5.41) is 11.7. The fraction of sp³-hybridized carbons (Fsp3) is 0.385. The third-order valence-corrected chi connectivity index (χ3v) is 2.26. The number of carbonyl (C=O) groups excluding carboxylic acids is 1. The van der Waals surface area contributed by atoms with E-state index in [9.17, 15) is 4.79 Å². The van der Waals surface area contributed by atoms with Gasteiger partial charge in [-0.2, -0.15) is 5.26 Å². The lowest BCUT2D eigenvalue weighted by Crippen LogP contribution is -2.27. The summed E-state index contributed by atoms with van der Waals surface area (Å²) in [6, 6.07) is 7.00. The number of nitrogens with zero attached hydrogens (tertiary/aromatic N) is 1. The summed E-state index contributed by atoms with van der Waals surface area (Å²) < 4.78 is 5.03. The van der Waals surface area contributed by atoms with Gasteiger partial charge in [0.25, 0.3) is 0 Å². The molecule has 0 heterocycles. The van der Waals surface area contributed by atoms with Gasteiger partial charge in [-0.3, -0.25) is 4.79 Å². The Morgan fingerprint density at radius 3 is 2.53 bits per heavy atom. The molecular formula is C13H16N2O2. The second-order valence-electron chi connectivity index (χ2n) is 4.73. The standard InChI is InChI=1S/C13H16N2O2/c1-13(2,3)12(16)15-10-5-6-11(17-4)9(7-10)8-14/h5-7H,1-4H3,(H,15,16). The van der Waals surface area contributed by atoms with Gasteiger partial charge in [0.2, 0.25) is 5.91 Å². The van der Waals surface area contributed by atoms with E-state index in [1.165, 1.54) is 7.11 Å². The van der Waals surface area contributed by atoms with Crippen LogP contribution in [0.5, 0.6) is 5.75 Å². The molecule has 0 fully saturated rings. The normalized spacial score (nSPS) is 10.5. The maximum Gasteiger partial charge on any atom is 0.229 e. The average Bonchev–Trinajstić information content (AvgIpc) is 2.27. The van der Waals surface area contributed by atoms with Crippen LogP contribution in [0, 0.1) is 16.7 Å². The molecule has 0 aliphatic heterocycles. The molecule has 1 rings (SSSR count). The van der Waals surface area contributed by atoms with E-state index in [1.807, 2.05) is 26.8 Å². The molecule has 0 saturated carbocycles. The summed E-state index contributed by atoms with van der Waals surface area (Å²) in [7, 11) is 1.50. The quantitative estimate of drug-likeness (QED) is 0.852. The first-order valence-corrected chi connectivity index (χ1v) is 5.28. The number of ether oxygens (including phenoxy) is 1. The lowest BCUT2D eigenvalue weighted by atomic mass is 9.95. The summed E-state index contributed by atoms with van der Waals surface area (Å²) in [6.07, 6.45) is 0.